The molecule has 0 amide bonds. The molecular weight excluding hydrogens is 378 g/mol. The van der Waals surface area contributed by atoms with Crippen LogP contribution in [0.15, 0.2) is 11.6 Å². The number of hydrogen-bond acceptors (Lipinski definition) is 11. The summed E-state index contributed by atoms with van der Waals surface area (Å²) >= 11 is 0. The van der Waals surface area contributed by atoms with Crippen molar-refractivity contribution >= 4 is 5.97 Å². The summed E-state index contributed by atoms with van der Waals surface area (Å²) in [6, 6.07) is 1.72. The van der Waals surface area contributed by atoms with E-state index in [0.717, 1.165) is 0 Å². The minimum atomic E-state index is -2.14. The summed E-state index contributed by atoms with van der Waals surface area (Å²) in [7, 11) is 0. The maximum atomic E-state index is 12.1. The average molecular weight is 405 g/mol. The molecule has 7 atom stereocenters. The number of carbonyl (C=O) groups excluding carboxylic acids is 1. The Kier molecular flexibility index (Phi) is 9.42. The van der Waals surface area contributed by atoms with Gasteiger partial charge in [-0.25, -0.2) is 4.79 Å². The zero-order chi connectivity index (χ0) is 21.5. The van der Waals surface area contributed by atoms with Crippen LogP contribution >= 0.6 is 0 Å². The Labute approximate surface area is 162 Å². The smallest absolute Gasteiger partial charge is 0.340 e. The van der Waals surface area contributed by atoms with Gasteiger partial charge in [0, 0.05) is 0 Å². The van der Waals surface area contributed by atoms with Crippen molar-refractivity contribution in [2.24, 2.45) is 0 Å². The molecule has 1 aliphatic rings. The molecule has 11 nitrogen and oxygen atoms in total. The SMILES string of the molecule is CC[C@@](O)(C(=O)OC[C@H]1O[C@@H](OC/C=C(\C#N)CO)[C@H](O)[C@@H](O)[C@@H]1O)[C@@H](C)O. The highest BCUT2D eigenvalue weighted by Crippen LogP contribution is 2.24. The molecule has 0 aromatic carbocycles. The van der Waals surface area contributed by atoms with Crippen LogP contribution in [0, 0.1) is 11.3 Å². The van der Waals surface area contributed by atoms with Gasteiger partial charge < -0.3 is 44.8 Å². The molecule has 0 bridgehead atoms. The summed E-state index contributed by atoms with van der Waals surface area (Å²) in [5.74, 6) is -1.14. The van der Waals surface area contributed by atoms with Gasteiger partial charge in [-0.3, -0.25) is 0 Å². The van der Waals surface area contributed by atoms with E-state index in [1.165, 1.54) is 19.9 Å². The van der Waals surface area contributed by atoms with Crippen LogP contribution in [-0.4, -0.2) is 98.8 Å². The summed E-state index contributed by atoms with van der Waals surface area (Å²) in [5, 5.41) is 67.2. The van der Waals surface area contributed by atoms with Crippen molar-refractivity contribution in [3.63, 3.8) is 0 Å². The minimum Gasteiger partial charge on any atom is -0.461 e. The van der Waals surface area contributed by atoms with Gasteiger partial charge in [0.15, 0.2) is 11.9 Å². The Morgan fingerprint density at radius 2 is 1.96 bits per heavy atom. The molecule has 0 unspecified atom stereocenters. The van der Waals surface area contributed by atoms with Crippen molar-refractivity contribution in [2.75, 3.05) is 19.8 Å². The second-order valence-corrected chi connectivity index (χ2v) is 6.40. The first-order valence-corrected chi connectivity index (χ1v) is 8.71. The van der Waals surface area contributed by atoms with E-state index in [4.69, 9.17) is 24.6 Å². The monoisotopic (exact) mass is 405 g/mol. The quantitative estimate of drug-likeness (QED) is 0.173. The molecule has 1 fully saturated rings. The Hall–Kier alpha value is -1.62. The lowest BCUT2D eigenvalue weighted by molar-refractivity contribution is -0.300. The first-order valence-electron chi connectivity index (χ1n) is 8.71. The van der Waals surface area contributed by atoms with Gasteiger partial charge in [-0.05, 0) is 19.4 Å². The highest BCUT2D eigenvalue weighted by atomic mass is 16.7. The maximum Gasteiger partial charge on any atom is 0.340 e. The molecule has 1 heterocycles. The number of ether oxygens (including phenoxy) is 3. The molecule has 0 saturated carbocycles. The number of rotatable bonds is 9. The van der Waals surface area contributed by atoms with Crippen LogP contribution in [0.5, 0.6) is 0 Å². The Morgan fingerprint density at radius 1 is 1.32 bits per heavy atom. The number of aliphatic hydroxyl groups is 6. The van der Waals surface area contributed by atoms with Gasteiger partial charge in [0.05, 0.1) is 31.0 Å². The van der Waals surface area contributed by atoms with Crippen molar-refractivity contribution in [3.05, 3.63) is 11.6 Å². The van der Waals surface area contributed by atoms with Crippen molar-refractivity contribution in [2.45, 2.75) is 62.7 Å². The highest BCUT2D eigenvalue weighted by Gasteiger charge is 2.46. The van der Waals surface area contributed by atoms with Crippen LogP contribution in [0.4, 0.5) is 0 Å². The molecule has 0 aromatic rings. The molecule has 11 heteroatoms. The second kappa shape index (κ2) is 10.8. The summed E-state index contributed by atoms with van der Waals surface area (Å²) < 4.78 is 15.4. The number of esters is 1. The molecule has 6 N–H and O–H groups in total. The predicted molar refractivity (Wildman–Crippen MR) is 91.3 cm³/mol. The molecule has 160 valence electrons. The van der Waals surface area contributed by atoms with Crippen molar-refractivity contribution in [1.82, 2.24) is 0 Å². The fourth-order valence-electron chi connectivity index (χ4n) is 2.47. The Morgan fingerprint density at radius 3 is 2.46 bits per heavy atom. The van der Waals surface area contributed by atoms with Gasteiger partial charge >= 0.3 is 5.97 Å². The topological polar surface area (TPSA) is 190 Å². The maximum absolute atomic E-state index is 12.1. The van der Waals surface area contributed by atoms with Crippen LogP contribution in [0.1, 0.15) is 20.3 Å². The third-order valence-electron chi connectivity index (χ3n) is 4.53. The van der Waals surface area contributed by atoms with Gasteiger partial charge in [0.25, 0.3) is 0 Å². The van der Waals surface area contributed by atoms with Crippen LogP contribution in [0.2, 0.25) is 0 Å². The van der Waals surface area contributed by atoms with Crippen LogP contribution in [0.25, 0.3) is 0 Å². The van der Waals surface area contributed by atoms with Crippen molar-refractivity contribution in [1.29, 1.82) is 5.26 Å². The summed E-state index contributed by atoms with van der Waals surface area (Å²) in [6.45, 7) is 1.36. The Bertz CT molecular complexity index is 589. The largest absolute Gasteiger partial charge is 0.461 e. The van der Waals surface area contributed by atoms with Gasteiger partial charge in [-0.15, -0.1) is 0 Å². The average Bonchev–Trinajstić information content (AvgIpc) is 2.68. The first-order chi connectivity index (χ1) is 13.1. The van der Waals surface area contributed by atoms with Crippen molar-refractivity contribution in [3.8, 4) is 6.07 Å². The number of carbonyl (C=O) groups is 1. The second-order valence-electron chi connectivity index (χ2n) is 6.40. The van der Waals surface area contributed by atoms with E-state index >= 15 is 0 Å². The van der Waals surface area contributed by atoms with E-state index in [0.29, 0.717) is 0 Å². The molecule has 0 spiro atoms. The van der Waals surface area contributed by atoms with Gasteiger partial charge in [0.2, 0.25) is 0 Å². The van der Waals surface area contributed by atoms with Gasteiger partial charge in [-0.2, -0.15) is 5.26 Å². The molecule has 0 aromatic heterocycles. The molecular formula is C17H27NO10. The fraction of sp³-hybridized carbons (Fsp3) is 0.765. The lowest BCUT2D eigenvalue weighted by Gasteiger charge is -2.40. The number of nitriles is 1. The highest BCUT2D eigenvalue weighted by molar-refractivity contribution is 5.80. The lowest BCUT2D eigenvalue weighted by Crippen LogP contribution is -2.60. The first kappa shape index (κ1) is 24.4. The van der Waals surface area contributed by atoms with Crippen LogP contribution < -0.4 is 0 Å². The summed E-state index contributed by atoms with van der Waals surface area (Å²) in [5.41, 5.74) is -2.12. The molecule has 1 saturated heterocycles. The lowest BCUT2D eigenvalue weighted by atomic mass is 9.95. The van der Waals surface area contributed by atoms with E-state index in [2.05, 4.69) is 0 Å². The fourth-order valence-corrected chi connectivity index (χ4v) is 2.47. The Balaban J connectivity index is 2.74. The van der Waals surface area contributed by atoms with Gasteiger partial charge in [0.1, 0.15) is 31.0 Å². The van der Waals surface area contributed by atoms with Crippen LogP contribution in [0.3, 0.4) is 0 Å². The summed E-state index contributed by atoms with van der Waals surface area (Å²) in [4.78, 5) is 12.1. The van der Waals surface area contributed by atoms with Crippen LogP contribution in [-0.2, 0) is 19.0 Å². The van der Waals surface area contributed by atoms with E-state index in [-0.39, 0.29) is 18.6 Å². The van der Waals surface area contributed by atoms with E-state index in [9.17, 15) is 30.3 Å². The molecule has 0 aliphatic carbocycles. The molecule has 1 rings (SSSR count). The van der Waals surface area contributed by atoms with E-state index < -0.39 is 61.6 Å². The summed E-state index contributed by atoms with van der Waals surface area (Å²) in [6.07, 6.45) is -7.92. The van der Waals surface area contributed by atoms with E-state index in [1.807, 2.05) is 0 Å². The standard InChI is InChI=1S/C17H27NO10/c1-3-17(25,9(2)20)16(24)27-8-11-12(21)13(22)14(23)15(28-11)26-5-4-10(6-18)7-19/h4,9,11-15,19-23,25H,3,5,7-8H2,1-2H3/b10-4+/t9-,11-,12-,13+,14-,15-,17+/m1/s1. The third-order valence-corrected chi connectivity index (χ3v) is 4.53. The van der Waals surface area contributed by atoms with Crippen molar-refractivity contribution < 1.29 is 49.6 Å². The van der Waals surface area contributed by atoms with Gasteiger partial charge in [-0.1, -0.05) is 6.92 Å². The number of hydrogen-bond donors (Lipinski definition) is 6. The minimum absolute atomic E-state index is 0.0216. The normalized spacial score (nSPS) is 31.5. The zero-order valence-corrected chi connectivity index (χ0v) is 15.6. The van der Waals surface area contributed by atoms with E-state index in [1.54, 1.807) is 6.07 Å². The number of nitrogens with zero attached hydrogens (tertiary/aromatic N) is 1. The number of aliphatic hydroxyl groups excluding tert-OH is 5. The molecule has 0 radical (unpaired) electrons. The zero-order valence-electron chi connectivity index (χ0n) is 15.6. The predicted octanol–water partition coefficient (Wildman–Crippen LogP) is -2.68. The third kappa shape index (κ3) is 5.69. The molecule has 1 aliphatic heterocycles. The molecule has 28 heavy (non-hydrogen) atoms.